The van der Waals surface area contributed by atoms with E-state index in [2.05, 4.69) is 15.2 Å². The van der Waals surface area contributed by atoms with Crippen molar-refractivity contribution in [1.82, 2.24) is 10.2 Å². The second-order valence-corrected chi connectivity index (χ2v) is 6.38. The Labute approximate surface area is 147 Å². The molecule has 0 heterocycles. The van der Waals surface area contributed by atoms with Gasteiger partial charge in [0.2, 0.25) is 0 Å². The molecule has 0 saturated heterocycles. The lowest BCUT2D eigenvalue weighted by atomic mass is 10.1. The molecule has 0 unspecified atom stereocenters. The zero-order chi connectivity index (χ0) is 17.6. The molecular weight excluding hydrogens is 306 g/mol. The van der Waals surface area contributed by atoms with E-state index < -0.39 is 0 Å². The summed E-state index contributed by atoms with van der Waals surface area (Å²) in [6.07, 6.45) is 7.35. The van der Waals surface area contributed by atoms with E-state index in [1.165, 1.54) is 12.8 Å². The summed E-state index contributed by atoms with van der Waals surface area (Å²) in [5, 5.41) is 3.38. The SMILES string of the molecule is CCOC(=O)CCCCCCNC(=NC)N(C)CCOCC1CC1. The maximum absolute atomic E-state index is 11.2. The molecule has 1 rings (SSSR count). The van der Waals surface area contributed by atoms with Gasteiger partial charge in [-0.25, -0.2) is 0 Å². The van der Waals surface area contributed by atoms with E-state index in [1.807, 2.05) is 21.0 Å². The number of guanidine groups is 1. The van der Waals surface area contributed by atoms with Gasteiger partial charge in [0.1, 0.15) is 0 Å². The topological polar surface area (TPSA) is 63.2 Å². The van der Waals surface area contributed by atoms with Crippen molar-refractivity contribution in [2.45, 2.75) is 51.9 Å². The third-order valence-electron chi connectivity index (χ3n) is 4.09. The average molecular weight is 341 g/mol. The number of nitrogens with zero attached hydrogens (tertiary/aromatic N) is 2. The fourth-order valence-corrected chi connectivity index (χ4v) is 2.41. The highest BCUT2D eigenvalue weighted by Gasteiger charge is 2.21. The first kappa shape index (κ1) is 20.7. The van der Waals surface area contributed by atoms with Gasteiger partial charge in [0, 0.05) is 40.2 Å². The van der Waals surface area contributed by atoms with Crippen LogP contribution >= 0.6 is 0 Å². The van der Waals surface area contributed by atoms with Crippen LogP contribution in [0.3, 0.4) is 0 Å². The van der Waals surface area contributed by atoms with Crippen LogP contribution in [0.5, 0.6) is 0 Å². The third-order valence-corrected chi connectivity index (χ3v) is 4.09. The van der Waals surface area contributed by atoms with Gasteiger partial charge in [-0.15, -0.1) is 0 Å². The van der Waals surface area contributed by atoms with E-state index in [9.17, 15) is 4.79 Å². The number of carbonyl (C=O) groups is 1. The summed E-state index contributed by atoms with van der Waals surface area (Å²) in [6, 6.07) is 0. The number of aliphatic imine (C=N–C) groups is 1. The Morgan fingerprint density at radius 3 is 2.67 bits per heavy atom. The number of unbranched alkanes of at least 4 members (excludes halogenated alkanes) is 3. The average Bonchev–Trinajstić information content (AvgIpc) is 3.38. The van der Waals surface area contributed by atoms with E-state index in [1.54, 1.807) is 0 Å². The molecule has 6 nitrogen and oxygen atoms in total. The summed E-state index contributed by atoms with van der Waals surface area (Å²) >= 11 is 0. The van der Waals surface area contributed by atoms with Crippen LogP contribution in [-0.4, -0.2) is 63.8 Å². The second-order valence-electron chi connectivity index (χ2n) is 6.38. The van der Waals surface area contributed by atoms with Gasteiger partial charge in [0.05, 0.1) is 13.2 Å². The number of nitrogens with one attached hydrogen (secondary N) is 1. The molecule has 0 aromatic heterocycles. The molecule has 0 aromatic carbocycles. The van der Waals surface area contributed by atoms with Gasteiger partial charge >= 0.3 is 5.97 Å². The van der Waals surface area contributed by atoms with Crippen LogP contribution in [0.25, 0.3) is 0 Å². The van der Waals surface area contributed by atoms with Crippen LogP contribution in [0.1, 0.15) is 51.9 Å². The van der Waals surface area contributed by atoms with Crippen LogP contribution in [0.4, 0.5) is 0 Å². The fourth-order valence-electron chi connectivity index (χ4n) is 2.41. The Balaban J connectivity index is 1.97. The highest BCUT2D eigenvalue weighted by atomic mass is 16.5. The first-order chi connectivity index (χ1) is 11.7. The molecule has 1 aliphatic rings. The Kier molecular flexibility index (Phi) is 11.3. The van der Waals surface area contributed by atoms with Crippen molar-refractivity contribution in [3.8, 4) is 0 Å². The molecule has 0 radical (unpaired) electrons. The summed E-state index contributed by atoms with van der Waals surface area (Å²) < 4.78 is 10.6. The molecule has 0 aliphatic heterocycles. The monoisotopic (exact) mass is 341 g/mol. The predicted octanol–water partition coefficient (Wildman–Crippen LogP) is 2.43. The molecule has 1 aliphatic carbocycles. The van der Waals surface area contributed by atoms with Crippen LogP contribution in [0, 0.1) is 5.92 Å². The fraction of sp³-hybridized carbons (Fsp3) is 0.889. The van der Waals surface area contributed by atoms with Gasteiger partial charge in [-0.2, -0.15) is 0 Å². The summed E-state index contributed by atoms with van der Waals surface area (Å²) in [5.41, 5.74) is 0. The summed E-state index contributed by atoms with van der Waals surface area (Å²) in [5.74, 6) is 1.65. The first-order valence-electron chi connectivity index (χ1n) is 9.32. The molecule has 6 heteroatoms. The number of hydrogen-bond acceptors (Lipinski definition) is 4. The number of carbonyl (C=O) groups excluding carboxylic acids is 1. The molecule has 24 heavy (non-hydrogen) atoms. The first-order valence-corrected chi connectivity index (χ1v) is 9.32. The Bertz CT molecular complexity index is 371. The summed E-state index contributed by atoms with van der Waals surface area (Å²) in [4.78, 5) is 17.6. The minimum atomic E-state index is -0.0819. The number of rotatable bonds is 13. The molecule has 140 valence electrons. The Hall–Kier alpha value is -1.30. The lowest BCUT2D eigenvalue weighted by Crippen LogP contribution is -2.40. The lowest BCUT2D eigenvalue weighted by molar-refractivity contribution is -0.143. The highest BCUT2D eigenvalue weighted by Crippen LogP contribution is 2.28. The number of ether oxygens (including phenoxy) is 2. The minimum absolute atomic E-state index is 0.0819. The van der Waals surface area contributed by atoms with Crippen molar-refractivity contribution in [3.05, 3.63) is 0 Å². The largest absolute Gasteiger partial charge is 0.466 e. The predicted molar refractivity (Wildman–Crippen MR) is 97.3 cm³/mol. The van der Waals surface area contributed by atoms with Gasteiger partial charge in [-0.05, 0) is 38.5 Å². The summed E-state index contributed by atoms with van der Waals surface area (Å²) in [6.45, 7) is 5.73. The molecule has 0 amide bonds. The van der Waals surface area contributed by atoms with Crippen molar-refractivity contribution >= 4 is 11.9 Å². The Morgan fingerprint density at radius 2 is 2.00 bits per heavy atom. The van der Waals surface area contributed by atoms with E-state index in [0.29, 0.717) is 13.0 Å². The van der Waals surface area contributed by atoms with Gasteiger partial charge < -0.3 is 19.7 Å². The van der Waals surface area contributed by atoms with E-state index in [0.717, 1.165) is 63.9 Å². The third kappa shape index (κ3) is 10.5. The highest BCUT2D eigenvalue weighted by molar-refractivity contribution is 5.79. The molecule has 0 aromatic rings. The zero-order valence-corrected chi connectivity index (χ0v) is 15.7. The maximum Gasteiger partial charge on any atom is 0.305 e. The van der Waals surface area contributed by atoms with Gasteiger partial charge in [-0.1, -0.05) is 12.8 Å². The zero-order valence-electron chi connectivity index (χ0n) is 15.7. The molecule has 1 N–H and O–H groups in total. The molecule has 0 bridgehead atoms. The van der Waals surface area contributed by atoms with Crippen LogP contribution < -0.4 is 5.32 Å². The van der Waals surface area contributed by atoms with Crippen molar-refractivity contribution < 1.29 is 14.3 Å². The normalized spacial score (nSPS) is 14.5. The second kappa shape index (κ2) is 13.0. The maximum atomic E-state index is 11.2. The van der Waals surface area contributed by atoms with Crippen LogP contribution in [0.2, 0.25) is 0 Å². The lowest BCUT2D eigenvalue weighted by Gasteiger charge is -2.22. The smallest absolute Gasteiger partial charge is 0.305 e. The van der Waals surface area contributed by atoms with Gasteiger partial charge in [0.15, 0.2) is 5.96 Å². The van der Waals surface area contributed by atoms with E-state index in [-0.39, 0.29) is 5.97 Å². The molecular formula is C18H35N3O3. The van der Waals surface area contributed by atoms with Crippen molar-refractivity contribution in [2.24, 2.45) is 10.9 Å². The van der Waals surface area contributed by atoms with Crippen molar-refractivity contribution in [1.29, 1.82) is 0 Å². The number of hydrogen-bond donors (Lipinski definition) is 1. The van der Waals surface area contributed by atoms with E-state index >= 15 is 0 Å². The van der Waals surface area contributed by atoms with E-state index in [4.69, 9.17) is 9.47 Å². The van der Waals surface area contributed by atoms with Crippen LogP contribution in [-0.2, 0) is 14.3 Å². The van der Waals surface area contributed by atoms with Crippen molar-refractivity contribution in [3.63, 3.8) is 0 Å². The number of likely N-dealkylation sites (N-methyl/N-ethyl adjacent to an activating group) is 1. The molecule has 0 atom stereocenters. The van der Waals surface area contributed by atoms with Crippen LogP contribution in [0.15, 0.2) is 4.99 Å². The number of esters is 1. The molecule has 0 spiro atoms. The van der Waals surface area contributed by atoms with Gasteiger partial charge in [-0.3, -0.25) is 9.79 Å². The minimum Gasteiger partial charge on any atom is -0.466 e. The van der Waals surface area contributed by atoms with Crippen molar-refractivity contribution in [2.75, 3.05) is 47.0 Å². The Morgan fingerprint density at radius 1 is 1.25 bits per heavy atom. The summed E-state index contributed by atoms with van der Waals surface area (Å²) in [7, 11) is 3.85. The molecule has 1 fully saturated rings. The van der Waals surface area contributed by atoms with Gasteiger partial charge in [0.25, 0.3) is 0 Å². The standard InChI is InChI=1S/C18H35N3O3/c1-4-24-17(22)9-7-5-6-8-12-20-18(19-2)21(3)13-14-23-15-16-10-11-16/h16H,4-15H2,1-3H3,(H,19,20). The molecule has 1 saturated carbocycles. The quantitative estimate of drug-likeness (QED) is 0.241.